The van der Waals surface area contributed by atoms with Crippen LogP contribution in [-0.4, -0.2) is 26.4 Å². The van der Waals surface area contributed by atoms with E-state index in [2.05, 4.69) is 15.5 Å². The van der Waals surface area contributed by atoms with E-state index in [-0.39, 0.29) is 11.7 Å². The summed E-state index contributed by atoms with van der Waals surface area (Å²) in [6.45, 7) is 0. The van der Waals surface area contributed by atoms with Crippen molar-refractivity contribution in [3.63, 3.8) is 0 Å². The molecule has 1 N–H and O–H groups in total. The van der Waals surface area contributed by atoms with E-state index in [9.17, 15) is 4.79 Å². The first-order chi connectivity index (χ1) is 15.0. The SMILES string of the molecule is O=C(CSc1nnc(-c2ccc(Cl)cc2)n1-c1ccccc1)Nc1ccc(Cl)c(Cl)c1. The average molecular weight is 490 g/mol. The first kappa shape index (κ1) is 21.7. The van der Waals surface area contributed by atoms with Crippen molar-refractivity contribution in [2.75, 3.05) is 11.1 Å². The second-order valence-electron chi connectivity index (χ2n) is 6.45. The molecule has 0 saturated carbocycles. The Hall–Kier alpha value is -2.51. The molecule has 5 nitrogen and oxygen atoms in total. The smallest absolute Gasteiger partial charge is 0.234 e. The zero-order valence-corrected chi connectivity index (χ0v) is 19.0. The van der Waals surface area contributed by atoms with Gasteiger partial charge in [-0.3, -0.25) is 9.36 Å². The fraction of sp³-hybridized carbons (Fsp3) is 0.0455. The van der Waals surface area contributed by atoms with Crippen LogP contribution in [0, 0.1) is 0 Å². The number of rotatable bonds is 6. The van der Waals surface area contributed by atoms with E-state index in [4.69, 9.17) is 34.8 Å². The summed E-state index contributed by atoms with van der Waals surface area (Å²) in [6, 6.07) is 22.1. The van der Waals surface area contributed by atoms with Crippen molar-refractivity contribution in [3.8, 4) is 17.1 Å². The number of carbonyl (C=O) groups excluding carboxylic acids is 1. The van der Waals surface area contributed by atoms with Gasteiger partial charge in [-0.1, -0.05) is 64.8 Å². The van der Waals surface area contributed by atoms with Gasteiger partial charge in [0, 0.05) is 22.0 Å². The molecule has 31 heavy (non-hydrogen) atoms. The first-order valence-electron chi connectivity index (χ1n) is 9.16. The highest BCUT2D eigenvalue weighted by Crippen LogP contribution is 2.29. The Balaban J connectivity index is 1.57. The topological polar surface area (TPSA) is 59.8 Å². The summed E-state index contributed by atoms with van der Waals surface area (Å²) in [4.78, 5) is 12.5. The van der Waals surface area contributed by atoms with Gasteiger partial charge >= 0.3 is 0 Å². The van der Waals surface area contributed by atoms with Crippen LogP contribution < -0.4 is 5.32 Å². The third kappa shape index (κ3) is 5.22. The molecule has 9 heteroatoms. The minimum atomic E-state index is -0.195. The summed E-state index contributed by atoms with van der Waals surface area (Å²) < 4.78 is 1.92. The van der Waals surface area contributed by atoms with Crippen molar-refractivity contribution in [3.05, 3.63) is 87.9 Å². The quantitative estimate of drug-likeness (QED) is 0.309. The van der Waals surface area contributed by atoms with Crippen molar-refractivity contribution in [1.29, 1.82) is 0 Å². The van der Waals surface area contributed by atoms with E-state index >= 15 is 0 Å². The van der Waals surface area contributed by atoms with Gasteiger partial charge in [0.15, 0.2) is 11.0 Å². The molecule has 0 aliphatic carbocycles. The molecule has 1 amide bonds. The predicted molar refractivity (Wildman–Crippen MR) is 128 cm³/mol. The second-order valence-corrected chi connectivity index (χ2v) is 8.64. The molecule has 0 atom stereocenters. The number of aromatic nitrogens is 3. The highest BCUT2D eigenvalue weighted by molar-refractivity contribution is 7.99. The number of amides is 1. The second kappa shape index (κ2) is 9.75. The molecule has 4 rings (SSSR count). The lowest BCUT2D eigenvalue weighted by Crippen LogP contribution is -2.14. The van der Waals surface area contributed by atoms with Gasteiger partial charge in [-0.05, 0) is 54.6 Å². The Kier molecular flexibility index (Phi) is 6.83. The molecule has 1 heterocycles. The lowest BCUT2D eigenvalue weighted by molar-refractivity contribution is -0.113. The van der Waals surface area contributed by atoms with Gasteiger partial charge in [0.05, 0.1) is 15.8 Å². The highest BCUT2D eigenvalue weighted by Gasteiger charge is 2.17. The molecule has 0 aliphatic rings. The number of benzene rings is 3. The number of halogens is 3. The fourth-order valence-electron chi connectivity index (χ4n) is 2.86. The normalized spacial score (nSPS) is 10.8. The number of hydrogen-bond donors (Lipinski definition) is 1. The highest BCUT2D eigenvalue weighted by atomic mass is 35.5. The summed E-state index contributed by atoms with van der Waals surface area (Å²) in [5.41, 5.74) is 2.34. The van der Waals surface area contributed by atoms with E-state index in [1.54, 1.807) is 30.3 Å². The molecular weight excluding hydrogens is 475 g/mol. The largest absolute Gasteiger partial charge is 0.325 e. The molecule has 0 unspecified atom stereocenters. The molecule has 156 valence electrons. The van der Waals surface area contributed by atoms with Gasteiger partial charge < -0.3 is 5.32 Å². The molecule has 0 spiro atoms. The van der Waals surface area contributed by atoms with Crippen LogP contribution >= 0.6 is 46.6 Å². The van der Waals surface area contributed by atoms with E-state index in [0.29, 0.717) is 31.7 Å². The molecule has 0 aliphatic heterocycles. The van der Waals surface area contributed by atoms with Crippen LogP contribution in [0.1, 0.15) is 0 Å². The third-order valence-corrected chi connectivity index (χ3v) is 6.21. The molecular formula is C22H15Cl3N4OS. The lowest BCUT2D eigenvalue weighted by atomic mass is 10.2. The average Bonchev–Trinajstić information content (AvgIpc) is 3.20. The standard InChI is InChI=1S/C22H15Cl3N4OS/c23-15-8-6-14(7-9-15)21-27-28-22(29(21)17-4-2-1-3-5-17)31-13-20(30)26-16-10-11-18(24)19(25)12-16/h1-12H,13H2,(H,26,30). The van der Waals surface area contributed by atoms with Crippen LogP contribution in [0.25, 0.3) is 17.1 Å². The molecule has 1 aromatic heterocycles. The number of hydrogen-bond acceptors (Lipinski definition) is 4. The Bertz CT molecular complexity index is 1210. The van der Waals surface area contributed by atoms with Crippen molar-refractivity contribution < 1.29 is 4.79 Å². The van der Waals surface area contributed by atoms with Crippen LogP contribution in [0.2, 0.25) is 15.1 Å². The minimum absolute atomic E-state index is 0.145. The van der Waals surface area contributed by atoms with Crippen molar-refractivity contribution in [1.82, 2.24) is 14.8 Å². The molecule has 0 saturated heterocycles. The van der Waals surface area contributed by atoms with E-state index in [1.165, 1.54) is 11.8 Å². The Morgan fingerprint density at radius 2 is 1.65 bits per heavy atom. The lowest BCUT2D eigenvalue weighted by Gasteiger charge is -2.11. The van der Waals surface area contributed by atoms with Gasteiger partial charge in [0.2, 0.25) is 5.91 Å². The summed E-state index contributed by atoms with van der Waals surface area (Å²) in [5.74, 6) is 0.612. The summed E-state index contributed by atoms with van der Waals surface area (Å²) in [6.07, 6.45) is 0. The predicted octanol–water partition coefficient (Wildman–Crippen LogP) is 6.63. The zero-order valence-electron chi connectivity index (χ0n) is 15.9. The number of nitrogens with zero attached hydrogens (tertiary/aromatic N) is 3. The minimum Gasteiger partial charge on any atom is -0.325 e. The van der Waals surface area contributed by atoms with Crippen molar-refractivity contribution >= 4 is 58.2 Å². The Morgan fingerprint density at radius 1 is 0.903 bits per heavy atom. The summed E-state index contributed by atoms with van der Waals surface area (Å²) >= 11 is 19.2. The fourth-order valence-corrected chi connectivity index (χ4v) is 4.04. The number of anilines is 1. The van der Waals surface area contributed by atoms with Crippen LogP contribution in [-0.2, 0) is 4.79 Å². The van der Waals surface area contributed by atoms with Gasteiger partial charge in [0.1, 0.15) is 0 Å². The number of thioether (sulfide) groups is 1. The van der Waals surface area contributed by atoms with E-state index < -0.39 is 0 Å². The first-order valence-corrected chi connectivity index (χ1v) is 11.3. The summed E-state index contributed by atoms with van der Waals surface area (Å²) in [5, 5.41) is 13.5. The number of para-hydroxylation sites is 1. The Labute approximate surface area is 198 Å². The van der Waals surface area contributed by atoms with Crippen LogP contribution in [0.3, 0.4) is 0 Å². The number of nitrogens with one attached hydrogen (secondary N) is 1. The molecule has 0 bridgehead atoms. The zero-order chi connectivity index (χ0) is 21.8. The maximum atomic E-state index is 12.5. The monoisotopic (exact) mass is 488 g/mol. The molecule has 0 radical (unpaired) electrons. The van der Waals surface area contributed by atoms with Gasteiger partial charge in [0.25, 0.3) is 0 Å². The van der Waals surface area contributed by atoms with Gasteiger partial charge in [-0.2, -0.15) is 0 Å². The van der Waals surface area contributed by atoms with Crippen LogP contribution in [0.4, 0.5) is 5.69 Å². The number of carbonyl (C=O) groups is 1. The van der Waals surface area contributed by atoms with Crippen LogP contribution in [0.15, 0.2) is 78.0 Å². The maximum Gasteiger partial charge on any atom is 0.234 e. The van der Waals surface area contributed by atoms with Gasteiger partial charge in [-0.25, -0.2) is 0 Å². The van der Waals surface area contributed by atoms with Crippen molar-refractivity contribution in [2.45, 2.75) is 5.16 Å². The maximum absolute atomic E-state index is 12.5. The van der Waals surface area contributed by atoms with Crippen molar-refractivity contribution in [2.24, 2.45) is 0 Å². The molecule has 4 aromatic rings. The van der Waals surface area contributed by atoms with Crippen LogP contribution in [0.5, 0.6) is 0 Å². The van der Waals surface area contributed by atoms with Gasteiger partial charge in [-0.15, -0.1) is 10.2 Å². The summed E-state index contributed by atoms with van der Waals surface area (Å²) in [7, 11) is 0. The molecule has 3 aromatic carbocycles. The Morgan fingerprint density at radius 3 is 2.35 bits per heavy atom. The van der Waals surface area contributed by atoms with E-state index in [1.807, 2.05) is 47.0 Å². The van der Waals surface area contributed by atoms with E-state index in [0.717, 1.165) is 11.3 Å². The molecule has 0 fully saturated rings. The third-order valence-electron chi connectivity index (χ3n) is 4.29.